The van der Waals surface area contributed by atoms with Gasteiger partial charge in [-0.3, -0.25) is 0 Å². The van der Waals surface area contributed by atoms with Gasteiger partial charge >= 0.3 is 0 Å². The summed E-state index contributed by atoms with van der Waals surface area (Å²) in [6.45, 7) is 7.62. The number of anilines is 1. The average Bonchev–Trinajstić information content (AvgIpc) is 2.95. The Labute approximate surface area is 128 Å². The number of ether oxygens (including phenoxy) is 1. The summed E-state index contributed by atoms with van der Waals surface area (Å²) in [6, 6.07) is 6.55. The normalized spacial score (nSPS) is 19.8. The van der Waals surface area contributed by atoms with Crippen molar-refractivity contribution in [2.45, 2.75) is 32.7 Å². The molecule has 0 saturated carbocycles. The highest BCUT2D eigenvalue weighted by atomic mass is 16.5. The van der Waals surface area contributed by atoms with Crippen molar-refractivity contribution in [3.63, 3.8) is 0 Å². The van der Waals surface area contributed by atoms with Gasteiger partial charge in [0.15, 0.2) is 0 Å². The molecule has 0 amide bonds. The molecule has 2 N–H and O–H groups in total. The van der Waals surface area contributed by atoms with Crippen LogP contribution in [0.4, 0.5) is 5.69 Å². The molecule has 1 aliphatic rings. The van der Waals surface area contributed by atoms with E-state index >= 15 is 0 Å². The first-order valence-corrected chi connectivity index (χ1v) is 7.97. The Balaban J connectivity index is 2.26. The summed E-state index contributed by atoms with van der Waals surface area (Å²) in [6.07, 6.45) is 2.06. The smallest absolute Gasteiger partial charge is 0.125 e. The van der Waals surface area contributed by atoms with E-state index in [9.17, 15) is 0 Å². The summed E-state index contributed by atoms with van der Waals surface area (Å²) < 4.78 is 5.58. The largest absolute Gasteiger partial charge is 0.496 e. The van der Waals surface area contributed by atoms with Gasteiger partial charge in [0.25, 0.3) is 0 Å². The topological polar surface area (TPSA) is 44.7 Å². The molecule has 0 spiro atoms. The van der Waals surface area contributed by atoms with Crippen molar-refractivity contribution in [2.75, 3.05) is 38.3 Å². The van der Waals surface area contributed by atoms with Crippen molar-refractivity contribution in [2.24, 2.45) is 5.92 Å². The van der Waals surface area contributed by atoms with Crippen LogP contribution in [0.1, 0.15) is 38.3 Å². The summed E-state index contributed by atoms with van der Waals surface area (Å²) in [7, 11) is 1.74. The van der Waals surface area contributed by atoms with Crippen molar-refractivity contribution in [3.05, 3.63) is 23.8 Å². The molecule has 1 saturated heterocycles. The van der Waals surface area contributed by atoms with Crippen molar-refractivity contribution < 1.29 is 9.84 Å². The second-order valence-electron chi connectivity index (χ2n) is 5.79. The number of hydrogen-bond acceptors (Lipinski definition) is 4. The van der Waals surface area contributed by atoms with E-state index in [1.165, 1.54) is 11.3 Å². The molecule has 1 fully saturated rings. The van der Waals surface area contributed by atoms with E-state index in [2.05, 4.69) is 36.2 Å². The fourth-order valence-corrected chi connectivity index (χ4v) is 3.30. The third-order valence-corrected chi connectivity index (χ3v) is 4.37. The average molecular weight is 292 g/mol. The molecule has 0 aromatic heterocycles. The maximum atomic E-state index is 9.13. The van der Waals surface area contributed by atoms with Gasteiger partial charge in [0.05, 0.1) is 7.11 Å². The Morgan fingerprint density at radius 2 is 2.29 bits per heavy atom. The number of benzene rings is 1. The summed E-state index contributed by atoms with van der Waals surface area (Å²) in [4.78, 5) is 2.44. The summed E-state index contributed by atoms with van der Waals surface area (Å²) in [5, 5.41) is 12.6. The van der Waals surface area contributed by atoms with Crippen LogP contribution in [0.15, 0.2) is 18.2 Å². The molecule has 118 valence electrons. The van der Waals surface area contributed by atoms with E-state index in [1.54, 1.807) is 7.11 Å². The van der Waals surface area contributed by atoms with E-state index in [0.717, 1.165) is 38.2 Å². The van der Waals surface area contributed by atoms with E-state index in [-0.39, 0.29) is 12.6 Å². The van der Waals surface area contributed by atoms with Crippen LogP contribution >= 0.6 is 0 Å². The van der Waals surface area contributed by atoms with Gasteiger partial charge in [-0.1, -0.05) is 13.0 Å². The Morgan fingerprint density at radius 1 is 1.48 bits per heavy atom. The number of nitrogens with one attached hydrogen (secondary N) is 1. The van der Waals surface area contributed by atoms with Crippen LogP contribution in [0.5, 0.6) is 5.75 Å². The van der Waals surface area contributed by atoms with Crippen molar-refractivity contribution >= 4 is 5.69 Å². The fourth-order valence-electron chi connectivity index (χ4n) is 3.30. The van der Waals surface area contributed by atoms with Crippen molar-refractivity contribution in [1.29, 1.82) is 0 Å². The highest BCUT2D eigenvalue weighted by molar-refractivity contribution is 5.61. The molecule has 21 heavy (non-hydrogen) atoms. The lowest BCUT2D eigenvalue weighted by Gasteiger charge is -2.27. The Morgan fingerprint density at radius 3 is 2.95 bits per heavy atom. The predicted molar refractivity (Wildman–Crippen MR) is 87.1 cm³/mol. The van der Waals surface area contributed by atoms with Crippen LogP contribution < -0.4 is 15.0 Å². The van der Waals surface area contributed by atoms with Crippen molar-refractivity contribution in [3.8, 4) is 5.75 Å². The first kappa shape index (κ1) is 16.1. The Kier molecular flexibility index (Phi) is 5.88. The van der Waals surface area contributed by atoms with Crippen LogP contribution in [-0.4, -0.2) is 38.5 Å². The molecular formula is C17H28N2O2. The van der Waals surface area contributed by atoms with Gasteiger partial charge in [-0.25, -0.2) is 0 Å². The number of methoxy groups -OCH3 is 1. The lowest BCUT2D eigenvalue weighted by molar-refractivity contribution is 0.263. The first-order valence-electron chi connectivity index (χ1n) is 7.97. The van der Waals surface area contributed by atoms with E-state index < -0.39 is 0 Å². The maximum absolute atomic E-state index is 9.13. The highest BCUT2D eigenvalue weighted by Crippen LogP contribution is 2.37. The molecule has 0 aliphatic carbocycles. The minimum atomic E-state index is 0.262. The van der Waals surface area contributed by atoms with Gasteiger partial charge in [-0.05, 0) is 44.4 Å². The quantitative estimate of drug-likeness (QED) is 0.811. The van der Waals surface area contributed by atoms with E-state index in [1.807, 2.05) is 6.07 Å². The van der Waals surface area contributed by atoms with Gasteiger partial charge in [0, 0.05) is 37.0 Å². The summed E-state index contributed by atoms with van der Waals surface area (Å²) >= 11 is 0. The molecule has 1 aromatic rings. The predicted octanol–water partition coefficient (Wildman–Crippen LogP) is 2.57. The molecule has 1 aromatic carbocycles. The van der Waals surface area contributed by atoms with Crippen LogP contribution in [-0.2, 0) is 0 Å². The number of nitrogens with zero attached hydrogens (tertiary/aromatic N) is 1. The molecule has 1 heterocycles. The second-order valence-corrected chi connectivity index (χ2v) is 5.79. The zero-order chi connectivity index (χ0) is 15.2. The zero-order valence-electron chi connectivity index (χ0n) is 13.4. The van der Waals surface area contributed by atoms with Crippen LogP contribution in [0.3, 0.4) is 0 Å². The summed E-state index contributed by atoms with van der Waals surface area (Å²) in [5.41, 5.74) is 2.51. The first-order chi connectivity index (χ1) is 10.2. The van der Waals surface area contributed by atoms with E-state index in [4.69, 9.17) is 9.84 Å². The monoisotopic (exact) mass is 292 g/mol. The molecule has 4 heteroatoms. The molecule has 0 radical (unpaired) electrons. The zero-order valence-corrected chi connectivity index (χ0v) is 13.4. The number of rotatable bonds is 7. The molecule has 2 atom stereocenters. The highest BCUT2D eigenvalue weighted by Gasteiger charge is 2.26. The lowest BCUT2D eigenvalue weighted by Crippen LogP contribution is -2.25. The number of aliphatic hydroxyl groups is 1. The molecular weight excluding hydrogens is 264 g/mol. The van der Waals surface area contributed by atoms with Crippen LogP contribution in [0.2, 0.25) is 0 Å². The Bertz CT molecular complexity index is 450. The molecule has 2 unspecified atom stereocenters. The fraction of sp³-hybridized carbons (Fsp3) is 0.647. The Hall–Kier alpha value is -1.26. The van der Waals surface area contributed by atoms with Gasteiger partial charge in [0.2, 0.25) is 0 Å². The van der Waals surface area contributed by atoms with Gasteiger partial charge in [-0.2, -0.15) is 0 Å². The van der Waals surface area contributed by atoms with E-state index in [0.29, 0.717) is 5.92 Å². The third-order valence-electron chi connectivity index (χ3n) is 4.37. The molecule has 2 rings (SSSR count). The number of hydrogen-bond donors (Lipinski definition) is 2. The molecule has 4 nitrogen and oxygen atoms in total. The van der Waals surface area contributed by atoms with Gasteiger partial charge < -0.3 is 20.1 Å². The number of aliphatic hydroxyl groups excluding tert-OH is 1. The van der Waals surface area contributed by atoms with Gasteiger partial charge in [0.1, 0.15) is 5.75 Å². The second kappa shape index (κ2) is 7.66. The minimum absolute atomic E-state index is 0.262. The minimum Gasteiger partial charge on any atom is -0.496 e. The van der Waals surface area contributed by atoms with Crippen LogP contribution in [0.25, 0.3) is 0 Å². The molecule has 0 bridgehead atoms. The lowest BCUT2D eigenvalue weighted by atomic mass is 10.0. The van der Waals surface area contributed by atoms with Crippen LogP contribution in [0, 0.1) is 5.92 Å². The van der Waals surface area contributed by atoms with Crippen molar-refractivity contribution in [1.82, 2.24) is 5.32 Å². The summed E-state index contributed by atoms with van der Waals surface area (Å²) in [5.74, 6) is 1.55. The maximum Gasteiger partial charge on any atom is 0.125 e. The SMILES string of the molecule is CCNC(C)c1c(OC)cccc1N1CCC(CCO)C1. The standard InChI is InChI=1S/C17H28N2O2/c1-4-18-13(2)17-15(6-5-7-16(17)21-3)19-10-8-14(12-19)9-11-20/h5-7,13-14,18,20H,4,8-12H2,1-3H3. The molecule has 1 aliphatic heterocycles. The van der Waals surface area contributed by atoms with Gasteiger partial charge in [-0.15, -0.1) is 0 Å². The third kappa shape index (κ3) is 3.69.